The minimum atomic E-state index is -0.407. The fraction of sp³-hybridized carbons (Fsp3) is 0.818. The van der Waals surface area contributed by atoms with E-state index < -0.39 is 11.8 Å². The number of likely N-dealkylation sites (N-methyl/N-ethyl adjacent to an activating group) is 1. The molecule has 1 fully saturated rings. The van der Waals surface area contributed by atoms with Gasteiger partial charge in [-0.15, -0.1) is 0 Å². The van der Waals surface area contributed by atoms with E-state index in [0.717, 1.165) is 12.8 Å². The van der Waals surface area contributed by atoms with Crippen LogP contribution in [0.2, 0.25) is 0 Å². The Morgan fingerprint density at radius 3 is 2.50 bits per heavy atom. The Balaban J connectivity index is 2.42. The van der Waals surface area contributed by atoms with Crippen LogP contribution >= 0.6 is 0 Å². The van der Waals surface area contributed by atoms with Crippen molar-refractivity contribution in [3.63, 3.8) is 0 Å². The van der Waals surface area contributed by atoms with Crippen LogP contribution in [-0.2, 0) is 14.3 Å². The Bertz CT molecular complexity index is 250. The molecule has 0 radical (unpaired) electrons. The molecule has 5 nitrogen and oxygen atoms in total. The number of hydrogen-bond acceptors (Lipinski definition) is 3. The van der Waals surface area contributed by atoms with Crippen molar-refractivity contribution in [2.45, 2.75) is 19.8 Å². The van der Waals surface area contributed by atoms with Gasteiger partial charge in [0.25, 0.3) is 0 Å². The van der Waals surface area contributed by atoms with Crippen LogP contribution in [0.5, 0.6) is 0 Å². The maximum atomic E-state index is 11.8. The molecule has 0 atom stereocenters. The Morgan fingerprint density at radius 2 is 1.94 bits per heavy atom. The minimum Gasteiger partial charge on any atom is -0.378 e. The van der Waals surface area contributed by atoms with E-state index in [1.54, 1.807) is 11.9 Å². The number of nitrogens with zero attached hydrogens (tertiary/aromatic N) is 2. The largest absolute Gasteiger partial charge is 0.378 e. The summed E-state index contributed by atoms with van der Waals surface area (Å²) in [4.78, 5) is 26.6. The number of carbonyl (C=O) groups excluding carboxylic acids is 2. The first kappa shape index (κ1) is 13.0. The van der Waals surface area contributed by atoms with Gasteiger partial charge in [-0.05, 0) is 6.42 Å². The highest BCUT2D eigenvalue weighted by atomic mass is 16.5. The lowest BCUT2D eigenvalue weighted by Crippen LogP contribution is -2.48. The maximum Gasteiger partial charge on any atom is 0.312 e. The summed E-state index contributed by atoms with van der Waals surface area (Å²) in [5, 5.41) is 0. The summed E-state index contributed by atoms with van der Waals surface area (Å²) in [6.07, 6.45) is 1.95. The molecule has 16 heavy (non-hydrogen) atoms. The molecule has 0 spiro atoms. The van der Waals surface area contributed by atoms with E-state index in [-0.39, 0.29) is 0 Å². The first-order valence-corrected chi connectivity index (χ1v) is 5.79. The van der Waals surface area contributed by atoms with Gasteiger partial charge >= 0.3 is 11.8 Å². The monoisotopic (exact) mass is 228 g/mol. The fourth-order valence-corrected chi connectivity index (χ4v) is 1.56. The van der Waals surface area contributed by atoms with E-state index in [9.17, 15) is 9.59 Å². The Kier molecular flexibility index (Phi) is 5.25. The predicted molar refractivity (Wildman–Crippen MR) is 59.9 cm³/mol. The maximum absolute atomic E-state index is 11.8. The van der Waals surface area contributed by atoms with Crippen molar-refractivity contribution >= 4 is 11.8 Å². The summed E-state index contributed by atoms with van der Waals surface area (Å²) in [5.41, 5.74) is 0. The molecule has 2 amide bonds. The summed E-state index contributed by atoms with van der Waals surface area (Å²) in [7, 11) is 1.68. The molecule has 0 aromatic rings. The average molecular weight is 228 g/mol. The third-order valence-corrected chi connectivity index (χ3v) is 2.68. The van der Waals surface area contributed by atoms with Crippen molar-refractivity contribution in [1.82, 2.24) is 9.80 Å². The van der Waals surface area contributed by atoms with Gasteiger partial charge in [-0.2, -0.15) is 0 Å². The molecule has 5 heteroatoms. The smallest absolute Gasteiger partial charge is 0.312 e. The van der Waals surface area contributed by atoms with Crippen molar-refractivity contribution in [3.8, 4) is 0 Å². The molecule has 92 valence electrons. The van der Waals surface area contributed by atoms with Gasteiger partial charge in [0.2, 0.25) is 0 Å². The van der Waals surface area contributed by atoms with Gasteiger partial charge in [0.1, 0.15) is 0 Å². The molecule has 1 heterocycles. The molecule has 0 aromatic carbocycles. The van der Waals surface area contributed by atoms with E-state index >= 15 is 0 Å². The van der Waals surface area contributed by atoms with Crippen molar-refractivity contribution in [2.24, 2.45) is 0 Å². The zero-order chi connectivity index (χ0) is 12.0. The standard InChI is InChI=1S/C11H20N2O3/c1-3-4-5-12(2)10(14)11(15)13-6-8-16-9-7-13/h3-9H2,1-2H3. The molecular weight excluding hydrogens is 208 g/mol. The van der Waals surface area contributed by atoms with Gasteiger partial charge in [0.05, 0.1) is 13.2 Å². The van der Waals surface area contributed by atoms with Crippen molar-refractivity contribution < 1.29 is 14.3 Å². The number of ether oxygens (including phenoxy) is 1. The predicted octanol–water partition coefficient (Wildman–Crippen LogP) is 0.104. The van der Waals surface area contributed by atoms with Crippen LogP contribution in [-0.4, -0.2) is 61.5 Å². The SMILES string of the molecule is CCCCN(C)C(=O)C(=O)N1CCOCC1. The Hall–Kier alpha value is -1.10. The zero-order valence-corrected chi connectivity index (χ0v) is 10.1. The summed E-state index contributed by atoms with van der Waals surface area (Å²) in [6, 6.07) is 0. The molecule has 1 rings (SSSR count). The first-order valence-electron chi connectivity index (χ1n) is 5.79. The van der Waals surface area contributed by atoms with Crippen LogP contribution in [0.4, 0.5) is 0 Å². The number of amides is 2. The van der Waals surface area contributed by atoms with E-state index in [0.29, 0.717) is 32.8 Å². The van der Waals surface area contributed by atoms with Gasteiger partial charge < -0.3 is 14.5 Å². The minimum absolute atomic E-state index is 0.401. The average Bonchev–Trinajstić information content (AvgIpc) is 2.35. The Labute approximate surface area is 96.3 Å². The van der Waals surface area contributed by atoms with Gasteiger partial charge in [-0.25, -0.2) is 0 Å². The molecule has 0 unspecified atom stereocenters. The van der Waals surface area contributed by atoms with Crippen LogP contribution in [0, 0.1) is 0 Å². The summed E-state index contributed by atoms with van der Waals surface area (Å²) < 4.78 is 5.14. The number of unbranched alkanes of at least 4 members (excludes halogenated alkanes) is 1. The molecule has 1 aliphatic heterocycles. The summed E-state index contributed by atoms with van der Waals surface area (Å²) in [5.74, 6) is -0.808. The molecule has 0 bridgehead atoms. The quantitative estimate of drug-likeness (QED) is 0.644. The molecule has 0 aliphatic carbocycles. The van der Waals surface area contributed by atoms with Gasteiger partial charge in [0, 0.05) is 26.7 Å². The van der Waals surface area contributed by atoms with Crippen LogP contribution < -0.4 is 0 Å². The van der Waals surface area contributed by atoms with E-state index in [2.05, 4.69) is 6.92 Å². The summed E-state index contributed by atoms with van der Waals surface area (Å²) in [6.45, 7) is 4.79. The van der Waals surface area contributed by atoms with E-state index in [1.807, 2.05) is 0 Å². The van der Waals surface area contributed by atoms with Crippen LogP contribution in [0.15, 0.2) is 0 Å². The number of hydrogen-bond donors (Lipinski definition) is 0. The second-order valence-electron chi connectivity index (χ2n) is 3.98. The molecule has 1 saturated heterocycles. The molecular formula is C11H20N2O3. The fourth-order valence-electron chi connectivity index (χ4n) is 1.56. The topological polar surface area (TPSA) is 49.9 Å². The van der Waals surface area contributed by atoms with Crippen molar-refractivity contribution in [3.05, 3.63) is 0 Å². The highest BCUT2D eigenvalue weighted by Gasteiger charge is 2.25. The Morgan fingerprint density at radius 1 is 1.31 bits per heavy atom. The van der Waals surface area contributed by atoms with Crippen molar-refractivity contribution in [2.75, 3.05) is 39.9 Å². The van der Waals surface area contributed by atoms with Crippen LogP contribution in [0.1, 0.15) is 19.8 Å². The lowest BCUT2D eigenvalue weighted by atomic mass is 10.3. The van der Waals surface area contributed by atoms with Gasteiger partial charge in [-0.1, -0.05) is 13.3 Å². The van der Waals surface area contributed by atoms with Gasteiger partial charge in [-0.3, -0.25) is 9.59 Å². The molecule has 0 aromatic heterocycles. The molecule has 1 aliphatic rings. The highest BCUT2D eigenvalue weighted by Crippen LogP contribution is 2.01. The third-order valence-electron chi connectivity index (χ3n) is 2.68. The van der Waals surface area contributed by atoms with Crippen LogP contribution in [0.3, 0.4) is 0 Å². The molecule has 0 saturated carbocycles. The summed E-state index contributed by atoms with van der Waals surface area (Å²) >= 11 is 0. The molecule has 0 N–H and O–H groups in total. The van der Waals surface area contributed by atoms with Crippen molar-refractivity contribution in [1.29, 1.82) is 0 Å². The lowest BCUT2D eigenvalue weighted by molar-refractivity contribution is -0.153. The van der Waals surface area contributed by atoms with Gasteiger partial charge in [0.15, 0.2) is 0 Å². The van der Waals surface area contributed by atoms with E-state index in [4.69, 9.17) is 4.74 Å². The number of carbonyl (C=O) groups is 2. The second kappa shape index (κ2) is 6.48. The second-order valence-corrected chi connectivity index (χ2v) is 3.98. The van der Waals surface area contributed by atoms with Crippen LogP contribution in [0.25, 0.3) is 0 Å². The lowest BCUT2D eigenvalue weighted by Gasteiger charge is -2.28. The zero-order valence-electron chi connectivity index (χ0n) is 10.1. The van der Waals surface area contributed by atoms with E-state index in [1.165, 1.54) is 4.90 Å². The normalized spacial score (nSPS) is 16.0. The number of morpholine rings is 1. The third kappa shape index (κ3) is 3.48. The highest BCUT2D eigenvalue weighted by molar-refractivity contribution is 6.34. The number of rotatable bonds is 3. The first-order chi connectivity index (χ1) is 7.66.